The number of halogens is 4. The Kier molecular flexibility index (Phi) is 3.90. The highest BCUT2D eigenvalue weighted by atomic mass is 35.5. The third kappa shape index (κ3) is 3.22. The van der Waals surface area contributed by atoms with Gasteiger partial charge in [0.2, 0.25) is 0 Å². The third-order valence-electron chi connectivity index (χ3n) is 2.83. The number of hydrogen-bond acceptors (Lipinski definition) is 2. The van der Waals surface area contributed by atoms with Gasteiger partial charge in [-0.2, -0.15) is 13.2 Å². The van der Waals surface area contributed by atoms with Gasteiger partial charge in [-0.1, -0.05) is 24.6 Å². The molecule has 0 saturated heterocycles. The first-order valence-corrected chi connectivity index (χ1v) is 6.13. The van der Waals surface area contributed by atoms with Crippen molar-refractivity contribution in [3.05, 3.63) is 52.8 Å². The zero-order valence-corrected chi connectivity index (χ0v) is 11.1. The number of rotatable bonds is 2. The maximum atomic E-state index is 12.8. The van der Waals surface area contributed by atoms with Crippen LogP contribution in [-0.2, 0) is 4.79 Å². The zero-order chi connectivity index (χ0) is 14.9. The number of ketones is 1. The molecule has 0 heterocycles. The highest BCUT2D eigenvalue weighted by Gasteiger charge is 2.41. The van der Waals surface area contributed by atoms with E-state index in [9.17, 15) is 18.0 Å². The molecule has 0 fully saturated rings. The maximum absolute atomic E-state index is 12.8. The minimum absolute atomic E-state index is 0.150. The van der Waals surface area contributed by atoms with E-state index in [2.05, 4.69) is 0 Å². The highest BCUT2D eigenvalue weighted by Crippen LogP contribution is 2.36. The minimum Gasteiger partial charge on any atom is -0.457 e. The molecule has 0 spiro atoms. The van der Waals surface area contributed by atoms with Crippen LogP contribution >= 0.6 is 11.6 Å². The van der Waals surface area contributed by atoms with E-state index in [0.717, 1.165) is 12.2 Å². The van der Waals surface area contributed by atoms with E-state index in [1.807, 2.05) is 0 Å². The van der Waals surface area contributed by atoms with Crippen LogP contribution in [0.15, 0.2) is 47.7 Å². The standard InChI is InChI=1S/C14H10ClF3O2/c1-8-12(14(16,17)18)6-11(7-13(8)19)20-10-4-2-3-9(15)5-10/h2-8H,1H3. The molecule has 0 amide bonds. The van der Waals surface area contributed by atoms with Crippen LogP contribution in [0, 0.1) is 5.92 Å². The second-order valence-electron chi connectivity index (χ2n) is 4.33. The summed E-state index contributed by atoms with van der Waals surface area (Å²) < 4.78 is 43.7. The predicted octanol–water partition coefficient (Wildman–Crippen LogP) is 4.31. The van der Waals surface area contributed by atoms with E-state index < -0.39 is 23.5 Å². The molecule has 2 nitrogen and oxygen atoms in total. The Bertz CT molecular complexity index is 603. The van der Waals surface area contributed by atoms with Gasteiger partial charge in [-0.25, -0.2) is 0 Å². The molecule has 20 heavy (non-hydrogen) atoms. The summed E-state index contributed by atoms with van der Waals surface area (Å²) in [4.78, 5) is 11.6. The summed E-state index contributed by atoms with van der Waals surface area (Å²) in [5.41, 5.74) is -0.915. The first kappa shape index (κ1) is 14.7. The van der Waals surface area contributed by atoms with Crippen molar-refractivity contribution >= 4 is 17.4 Å². The Morgan fingerprint density at radius 3 is 2.55 bits per heavy atom. The number of benzene rings is 1. The van der Waals surface area contributed by atoms with Gasteiger partial charge in [0.05, 0.1) is 0 Å². The SMILES string of the molecule is CC1C(=O)C=C(Oc2cccc(Cl)c2)C=C1C(F)(F)F. The van der Waals surface area contributed by atoms with Gasteiger partial charge in [-0.3, -0.25) is 4.79 Å². The minimum atomic E-state index is -4.56. The van der Waals surface area contributed by atoms with Gasteiger partial charge in [0.15, 0.2) is 5.78 Å². The average molecular weight is 303 g/mol. The molecule has 0 aliphatic heterocycles. The molecule has 1 aliphatic rings. The third-order valence-corrected chi connectivity index (χ3v) is 3.07. The molecule has 0 saturated carbocycles. The number of hydrogen-bond donors (Lipinski definition) is 0. The monoisotopic (exact) mass is 302 g/mol. The van der Waals surface area contributed by atoms with Crippen LogP contribution in [0.1, 0.15) is 6.92 Å². The van der Waals surface area contributed by atoms with Crippen LogP contribution in [0.3, 0.4) is 0 Å². The average Bonchev–Trinajstić information content (AvgIpc) is 2.32. The zero-order valence-electron chi connectivity index (χ0n) is 10.4. The van der Waals surface area contributed by atoms with Crippen molar-refractivity contribution < 1.29 is 22.7 Å². The van der Waals surface area contributed by atoms with Crippen molar-refractivity contribution in [2.24, 2.45) is 5.92 Å². The molecule has 0 bridgehead atoms. The van der Waals surface area contributed by atoms with E-state index in [-0.39, 0.29) is 11.5 Å². The molecule has 0 N–H and O–H groups in total. The molecule has 2 rings (SSSR count). The molecule has 0 radical (unpaired) electrons. The second kappa shape index (κ2) is 5.32. The molecule has 0 aromatic heterocycles. The number of allylic oxidation sites excluding steroid dienone is 3. The van der Waals surface area contributed by atoms with Gasteiger partial charge in [0, 0.05) is 22.6 Å². The molecule has 106 valence electrons. The van der Waals surface area contributed by atoms with E-state index in [0.29, 0.717) is 5.02 Å². The fourth-order valence-electron chi connectivity index (χ4n) is 1.79. The van der Waals surface area contributed by atoms with Gasteiger partial charge in [0.25, 0.3) is 0 Å². The van der Waals surface area contributed by atoms with Gasteiger partial charge >= 0.3 is 6.18 Å². The summed E-state index contributed by atoms with van der Waals surface area (Å²) in [7, 11) is 0. The lowest BCUT2D eigenvalue weighted by atomic mass is 9.91. The van der Waals surface area contributed by atoms with E-state index in [1.165, 1.54) is 19.1 Å². The van der Waals surface area contributed by atoms with Crippen molar-refractivity contribution in [2.75, 3.05) is 0 Å². The fourth-order valence-corrected chi connectivity index (χ4v) is 1.97. The van der Waals surface area contributed by atoms with Crippen molar-refractivity contribution in [1.29, 1.82) is 0 Å². The summed E-state index contributed by atoms with van der Waals surface area (Å²) in [6.45, 7) is 1.22. The Balaban J connectivity index is 2.30. The van der Waals surface area contributed by atoms with E-state index >= 15 is 0 Å². The highest BCUT2D eigenvalue weighted by molar-refractivity contribution is 6.30. The Labute approximate surface area is 118 Å². The van der Waals surface area contributed by atoms with E-state index in [4.69, 9.17) is 16.3 Å². The van der Waals surface area contributed by atoms with Crippen LogP contribution in [0.25, 0.3) is 0 Å². The van der Waals surface area contributed by atoms with Gasteiger partial charge in [-0.15, -0.1) is 0 Å². The molecule has 1 aromatic carbocycles. The van der Waals surface area contributed by atoms with Crippen molar-refractivity contribution in [3.8, 4) is 5.75 Å². The normalized spacial score (nSPS) is 19.4. The van der Waals surface area contributed by atoms with Gasteiger partial charge in [0.1, 0.15) is 11.5 Å². The van der Waals surface area contributed by atoms with Crippen LogP contribution < -0.4 is 4.74 Å². The smallest absolute Gasteiger partial charge is 0.413 e. The van der Waals surface area contributed by atoms with Gasteiger partial charge in [-0.05, 0) is 24.3 Å². The van der Waals surface area contributed by atoms with Gasteiger partial charge < -0.3 is 4.74 Å². The van der Waals surface area contributed by atoms with Crippen molar-refractivity contribution in [2.45, 2.75) is 13.1 Å². The predicted molar refractivity (Wildman–Crippen MR) is 68.5 cm³/mol. The Morgan fingerprint density at radius 1 is 1.25 bits per heavy atom. The lowest BCUT2D eigenvalue weighted by Crippen LogP contribution is -2.26. The first-order valence-electron chi connectivity index (χ1n) is 5.75. The molecule has 1 aliphatic carbocycles. The number of ether oxygens (including phenoxy) is 1. The number of alkyl halides is 3. The molecule has 1 unspecified atom stereocenters. The second-order valence-corrected chi connectivity index (χ2v) is 4.76. The lowest BCUT2D eigenvalue weighted by molar-refractivity contribution is -0.124. The summed E-state index contributed by atoms with van der Waals surface area (Å²) in [6.07, 6.45) is -2.67. The Hall–Kier alpha value is -1.75. The molecule has 6 heteroatoms. The molecule has 1 aromatic rings. The summed E-state index contributed by atoms with van der Waals surface area (Å²) in [5.74, 6) is -1.75. The Morgan fingerprint density at radius 2 is 1.95 bits per heavy atom. The largest absolute Gasteiger partial charge is 0.457 e. The van der Waals surface area contributed by atoms with Crippen LogP contribution in [0.5, 0.6) is 5.75 Å². The number of carbonyl (C=O) groups excluding carboxylic acids is 1. The maximum Gasteiger partial charge on any atom is 0.413 e. The summed E-state index contributed by atoms with van der Waals surface area (Å²) >= 11 is 5.75. The molecule has 1 atom stereocenters. The van der Waals surface area contributed by atoms with Crippen molar-refractivity contribution in [1.82, 2.24) is 0 Å². The van der Waals surface area contributed by atoms with Crippen LogP contribution in [0.2, 0.25) is 5.02 Å². The number of carbonyl (C=O) groups is 1. The van der Waals surface area contributed by atoms with Crippen LogP contribution in [0.4, 0.5) is 13.2 Å². The fraction of sp³-hybridized carbons (Fsp3) is 0.214. The summed E-state index contributed by atoms with van der Waals surface area (Å²) in [5, 5.41) is 0.388. The van der Waals surface area contributed by atoms with Crippen molar-refractivity contribution in [3.63, 3.8) is 0 Å². The quantitative estimate of drug-likeness (QED) is 0.813. The van der Waals surface area contributed by atoms with Crippen LogP contribution in [-0.4, -0.2) is 12.0 Å². The topological polar surface area (TPSA) is 26.3 Å². The molecular formula is C14H10ClF3O2. The first-order chi connectivity index (χ1) is 9.27. The van der Waals surface area contributed by atoms with E-state index in [1.54, 1.807) is 12.1 Å². The molecular weight excluding hydrogens is 293 g/mol. The summed E-state index contributed by atoms with van der Waals surface area (Å²) in [6, 6.07) is 6.19. The lowest BCUT2D eigenvalue weighted by Gasteiger charge is -2.21.